The van der Waals surface area contributed by atoms with E-state index in [1.807, 2.05) is 37.3 Å². The molecule has 1 aliphatic heterocycles. The van der Waals surface area contributed by atoms with Gasteiger partial charge in [-0.1, -0.05) is 63.4 Å². The highest BCUT2D eigenvalue weighted by atomic mass is 16.7. The Morgan fingerprint density at radius 1 is 1.20 bits per heavy atom. The van der Waals surface area contributed by atoms with Gasteiger partial charge in [0.25, 0.3) is 0 Å². The van der Waals surface area contributed by atoms with Gasteiger partial charge < -0.3 is 9.47 Å². The van der Waals surface area contributed by atoms with Crippen LogP contribution in [0.1, 0.15) is 57.6 Å². The Morgan fingerprint density at radius 3 is 2.60 bits per heavy atom. The van der Waals surface area contributed by atoms with Gasteiger partial charge in [0, 0.05) is 0 Å². The van der Waals surface area contributed by atoms with E-state index in [9.17, 15) is 4.79 Å². The summed E-state index contributed by atoms with van der Waals surface area (Å²) in [6, 6.07) is 9.89. The van der Waals surface area contributed by atoms with E-state index >= 15 is 0 Å². The minimum Gasteiger partial charge on any atom is -0.463 e. The normalized spacial score (nSPS) is 24.4. The van der Waals surface area contributed by atoms with Crippen LogP contribution in [0.15, 0.2) is 30.3 Å². The molecule has 3 heteroatoms. The fraction of sp³-hybridized carbons (Fsp3) is 0.588. The van der Waals surface area contributed by atoms with Crippen molar-refractivity contribution < 1.29 is 14.3 Å². The molecule has 1 aromatic rings. The topological polar surface area (TPSA) is 38.8 Å². The molecule has 110 valence electrons. The van der Waals surface area contributed by atoms with Gasteiger partial charge in [-0.3, -0.25) is 0 Å². The van der Waals surface area contributed by atoms with Gasteiger partial charge in [0.15, 0.2) is 5.60 Å². The summed E-state index contributed by atoms with van der Waals surface area (Å²) in [4.78, 5) is 12.2. The molecular weight excluding hydrogens is 252 g/mol. The van der Waals surface area contributed by atoms with E-state index in [0.29, 0.717) is 13.0 Å². The third kappa shape index (κ3) is 3.21. The van der Waals surface area contributed by atoms with E-state index in [-0.39, 0.29) is 12.1 Å². The van der Waals surface area contributed by atoms with Crippen LogP contribution in [0.4, 0.5) is 0 Å². The molecule has 1 heterocycles. The summed E-state index contributed by atoms with van der Waals surface area (Å²) in [6.45, 7) is 4.65. The number of carbonyl (C=O) groups excluding carboxylic acids is 1. The van der Waals surface area contributed by atoms with Crippen molar-refractivity contribution in [2.24, 2.45) is 0 Å². The number of ether oxygens (including phenoxy) is 2. The maximum Gasteiger partial charge on any atom is 0.341 e. The van der Waals surface area contributed by atoms with Gasteiger partial charge in [0.05, 0.1) is 6.61 Å². The van der Waals surface area contributed by atoms with E-state index in [4.69, 9.17) is 9.47 Å². The highest BCUT2D eigenvalue weighted by Crippen LogP contribution is 2.52. The second-order valence-corrected chi connectivity index (χ2v) is 5.35. The maximum atomic E-state index is 12.2. The maximum absolute atomic E-state index is 12.2. The molecule has 0 radical (unpaired) electrons. The number of hydrogen-bond acceptors (Lipinski definition) is 3. The number of carbonyl (C=O) groups is 1. The lowest BCUT2D eigenvalue weighted by Crippen LogP contribution is -2.27. The van der Waals surface area contributed by atoms with Crippen LogP contribution in [0.3, 0.4) is 0 Å². The predicted octanol–water partition coefficient (Wildman–Crippen LogP) is 4.03. The number of epoxide rings is 1. The standard InChI is InChI=1S/C17H24O3/c1-3-5-6-10-13-19-16(18)17(4-2)15(20-17)14-11-8-7-9-12-14/h7-9,11-12,15H,3-6,10,13H2,1-2H3. The van der Waals surface area contributed by atoms with Crippen molar-refractivity contribution in [3.63, 3.8) is 0 Å². The van der Waals surface area contributed by atoms with Crippen LogP contribution in [0.5, 0.6) is 0 Å². The molecular formula is C17H24O3. The fourth-order valence-corrected chi connectivity index (χ4v) is 2.53. The molecule has 3 nitrogen and oxygen atoms in total. The Balaban J connectivity index is 1.85. The molecule has 0 aliphatic carbocycles. The first-order valence-corrected chi connectivity index (χ1v) is 7.64. The number of rotatable bonds is 8. The Kier molecular flexibility index (Phi) is 5.18. The van der Waals surface area contributed by atoms with Crippen LogP contribution in [0, 0.1) is 0 Å². The molecule has 2 rings (SSSR count). The Bertz CT molecular complexity index is 429. The lowest BCUT2D eigenvalue weighted by Gasteiger charge is -2.10. The average Bonchev–Trinajstić information content (AvgIpc) is 3.24. The Hall–Kier alpha value is -1.35. The van der Waals surface area contributed by atoms with E-state index in [0.717, 1.165) is 18.4 Å². The van der Waals surface area contributed by atoms with Crippen LogP contribution >= 0.6 is 0 Å². The third-order valence-corrected chi connectivity index (χ3v) is 3.90. The highest BCUT2D eigenvalue weighted by Gasteiger charge is 2.63. The molecule has 0 N–H and O–H groups in total. The average molecular weight is 276 g/mol. The van der Waals surface area contributed by atoms with E-state index in [1.54, 1.807) is 0 Å². The number of hydrogen-bond donors (Lipinski definition) is 0. The van der Waals surface area contributed by atoms with Gasteiger partial charge in [-0.15, -0.1) is 0 Å². The molecule has 0 spiro atoms. The van der Waals surface area contributed by atoms with Crippen molar-refractivity contribution >= 4 is 5.97 Å². The highest BCUT2D eigenvalue weighted by molar-refractivity contribution is 5.83. The fourth-order valence-electron chi connectivity index (χ4n) is 2.53. The van der Waals surface area contributed by atoms with Gasteiger partial charge in [0.2, 0.25) is 0 Å². The zero-order valence-corrected chi connectivity index (χ0v) is 12.4. The van der Waals surface area contributed by atoms with Crippen molar-refractivity contribution in [1.29, 1.82) is 0 Å². The van der Waals surface area contributed by atoms with Crippen molar-refractivity contribution in [1.82, 2.24) is 0 Å². The lowest BCUT2D eigenvalue weighted by atomic mass is 9.97. The summed E-state index contributed by atoms with van der Waals surface area (Å²) in [5.41, 5.74) is 0.309. The SMILES string of the molecule is CCCCCCOC(=O)C1(CC)OC1c1ccccc1. The molecule has 0 bridgehead atoms. The van der Waals surface area contributed by atoms with Crippen molar-refractivity contribution in [2.45, 2.75) is 57.7 Å². The third-order valence-electron chi connectivity index (χ3n) is 3.90. The minimum atomic E-state index is -0.744. The number of esters is 1. The first kappa shape index (κ1) is 15.0. The summed E-state index contributed by atoms with van der Waals surface area (Å²) >= 11 is 0. The summed E-state index contributed by atoms with van der Waals surface area (Å²) in [5, 5.41) is 0. The van der Waals surface area contributed by atoms with E-state index in [1.165, 1.54) is 12.8 Å². The zero-order chi connectivity index (χ0) is 14.4. The van der Waals surface area contributed by atoms with Crippen molar-refractivity contribution in [3.05, 3.63) is 35.9 Å². The van der Waals surface area contributed by atoms with Crippen LogP contribution in [-0.2, 0) is 14.3 Å². The molecule has 1 aromatic carbocycles. The van der Waals surface area contributed by atoms with Crippen molar-refractivity contribution in [3.8, 4) is 0 Å². The molecule has 0 amide bonds. The quantitative estimate of drug-likeness (QED) is 0.409. The predicted molar refractivity (Wildman–Crippen MR) is 78.4 cm³/mol. The zero-order valence-electron chi connectivity index (χ0n) is 12.4. The van der Waals surface area contributed by atoms with Gasteiger partial charge in [-0.2, -0.15) is 0 Å². The van der Waals surface area contributed by atoms with Crippen LogP contribution in [0.2, 0.25) is 0 Å². The van der Waals surface area contributed by atoms with Crippen LogP contribution in [-0.4, -0.2) is 18.2 Å². The van der Waals surface area contributed by atoms with Gasteiger partial charge >= 0.3 is 5.97 Å². The minimum absolute atomic E-state index is 0.142. The van der Waals surface area contributed by atoms with Gasteiger partial charge in [-0.05, 0) is 18.4 Å². The Morgan fingerprint density at radius 2 is 1.95 bits per heavy atom. The summed E-state index contributed by atoms with van der Waals surface area (Å²) in [6.07, 6.45) is 4.95. The summed E-state index contributed by atoms with van der Waals surface area (Å²) in [7, 11) is 0. The molecule has 1 fully saturated rings. The largest absolute Gasteiger partial charge is 0.463 e. The first-order chi connectivity index (χ1) is 9.74. The monoisotopic (exact) mass is 276 g/mol. The molecule has 20 heavy (non-hydrogen) atoms. The van der Waals surface area contributed by atoms with E-state index < -0.39 is 5.60 Å². The second kappa shape index (κ2) is 6.89. The molecule has 2 atom stereocenters. The van der Waals surface area contributed by atoms with Crippen molar-refractivity contribution in [2.75, 3.05) is 6.61 Å². The molecule has 2 unspecified atom stereocenters. The number of benzene rings is 1. The van der Waals surface area contributed by atoms with E-state index in [2.05, 4.69) is 6.92 Å². The van der Waals surface area contributed by atoms with Gasteiger partial charge in [0.1, 0.15) is 6.10 Å². The molecule has 0 aromatic heterocycles. The summed E-state index contributed by atoms with van der Waals surface area (Å²) in [5.74, 6) is -0.203. The van der Waals surface area contributed by atoms with Crippen LogP contribution in [0.25, 0.3) is 0 Å². The lowest BCUT2D eigenvalue weighted by molar-refractivity contribution is -0.150. The molecule has 1 saturated heterocycles. The summed E-state index contributed by atoms with van der Waals surface area (Å²) < 4.78 is 11.1. The first-order valence-electron chi connectivity index (χ1n) is 7.64. The Labute approximate surface area is 121 Å². The van der Waals surface area contributed by atoms with Crippen LogP contribution < -0.4 is 0 Å². The molecule has 1 aliphatic rings. The van der Waals surface area contributed by atoms with Gasteiger partial charge in [-0.25, -0.2) is 4.79 Å². The molecule has 0 saturated carbocycles. The number of unbranched alkanes of at least 4 members (excludes halogenated alkanes) is 3. The smallest absolute Gasteiger partial charge is 0.341 e. The second-order valence-electron chi connectivity index (χ2n) is 5.35.